The van der Waals surface area contributed by atoms with Gasteiger partial charge in [-0.3, -0.25) is 14.5 Å². The van der Waals surface area contributed by atoms with Gasteiger partial charge in [-0.1, -0.05) is 43.0 Å². The van der Waals surface area contributed by atoms with Crippen molar-refractivity contribution in [1.29, 1.82) is 0 Å². The van der Waals surface area contributed by atoms with E-state index in [1.807, 2.05) is 24.3 Å². The van der Waals surface area contributed by atoms with Crippen LogP contribution in [-0.2, 0) is 31.0 Å². The summed E-state index contributed by atoms with van der Waals surface area (Å²) >= 11 is 0. The average molecular weight is 524 g/mol. The topological polar surface area (TPSA) is 81.5 Å². The van der Waals surface area contributed by atoms with Crippen LogP contribution in [0.2, 0.25) is 0 Å². The first kappa shape index (κ1) is 28.3. The number of methoxy groups -OCH3 is 2. The van der Waals surface area contributed by atoms with E-state index in [-0.39, 0.29) is 30.4 Å². The van der Waals surface area contributed by atoms with Crippen LogP contribution in [0.4, 0.5) is 8.78 Å². The second-order valence-corrected chi connectivity index (χ2v) is 8.42. The lowest BCUT2D eigenvalue weighted by Crippen LogP contribution is -2.24. The quantitative estimate of drug-likeness (QED) is 0.332. The number of hydrogen-bond donors (Lipinski definition) is 1. The van der Waals surface area contributed by atoms with E-state index in [4.69, 9.17) is 9.47 Å². The number of rotatable bonds is 13. The van der Waals surface area contributed by atoms with Crippen LogP contribution in [-0.4, -0.2) is 46.8 Å². The molecule has 2 heterocycles. The van der Waals surface area contributed by atoms with Gasteiger partial charge in [0.1, 0.15) is 11.5 Å². The van der Waals surface area contributed by atoms with Gasteiger partial charge in [0.15, 0.2) is 11.6 Å². The number of hydrogen-bond acceptors (Lipinski definition) is 6. The first-order valence-corrected chi connectivity index (χ1v) is 11.8. The van der Waals surface area contributed by atoms with Crippen molar-refractivity contribution in [2.75, 3.05) is 21.3 Å². The second-order valence-electron chi connectivity index (χ2n) is 8.42. The van der Waals surface area contributed by atoms with Crippen molar-refractivity contribution in [1.82, 2.24) is 25.0 Å². The summed E-state index contributed by atoms with van der Waals surface area (Å²) in [5, 5.41) is 7.18. The van der Waals surface area contributed by atoms with Crippen LogP contribution in [0.15, 0.2) is 79.6 Å². The molecule has 38 heavy (non-hydrogen) atoms. The van der Waals surface area contributed by atoms with Crippen molar-refractivity contribution in [2.24, 2.45) is 0 Å². The fraction of sp³-hybridized carbons (Fsp3) is 0.250. The number of benzene rings is 1. The Bertz CT molecular complexity index is 1300. The Morgan fingerprint density at radius 3 is 2.61 bits per heavy atom. The Hall–Kier alpha value is -4.31. The molecule has 200 valence electrons. The molecule has 0 spiro atoms. The fourth-order valence-corrected chi connectivity index (χ4v) is 3.67. The SMILES string of the molecule is C=C/C=C\C(F)=C/N(C)Cc1ccc(Cn2cc(C(=O)NCc3nccc(OC)c3F)c(COC)n2)cc1. The third kappa shape index (κ3) is 7.84. The fourth-order valence-electron chi connectivity index (χ4n) is 3.67. The molecule has 0 aliphatic rings. The molecule has 1 N–H and O–H groups in total. The molecular weight excluding hydrogens is 492 g/mol. The van der Waals surface area contributed by atoms with Crippen molar-refractivity contribution in [3.05, 3.63) is 113 Å². The highest BCUT2D eigenvalue weighted by molar-refractivity contribution is 5.95. The Kier molecular flexibility index (Phi) is 10.3. The smallest absolute Gasteiger partial charge is 0.255 e. The minimum Gasteiger partial charge on any atom is -0.494 e. The van der Waals surface area contributed by atoms with Gasteiger partial charge >= 0.3 is 0 Å². The van der Waals surface area contributed by atoms with E-state index >= 15 is 0 Å². The van der Waals surface area contributed by atoms with E-state index < -0.39 is 11.7 Å². The Morgan fingerprint density at radius 1 is 1.18 bits per heavy atom. The number of allylic oxidation sites excluding steroid dienone is 4. The second kappa shape index (κ2) is 13.8. The van der Waals surface area contributed by atoms with E-state index in [0.717, 1.165) is 11.1 Å². The predicted octanol–water partition coefficient (Wildman–Crippen LogP) is 4.54. The zero-order chi connectivity index (χ0) is 27.5. The molecule has 3 rings (SSSR count). The lowest BCUT2D eigenvalue weighted by Gasteiger charge is -2.14. The normalized spacial score (nSPS) is 11.6. The van der Waals surface area contributed by atoms with Crippen molar-refractivity contribution in [3.63, 3.8) is 0 Å². The maximum absolute atomic E-state index is 14.4. The number of pyridine rings is 1. The largest absolute Gasteiger partial charge is 0.494 e. The first-order valence-electron chi connectivity index (χ1n) is 11.8. The molecule has 0 saturated heterocycles. The number of ether oxygens (including phenoxy) is 2. The monoisotopic (exact) mass is 523 g/mol. The number of carbonyl (C=O) groups excluding carboxylic acids is 1. The highest BCUT2D eigenvalue weighted by atomic mass is 19.1. The number of nitrogens with zero attached hydrogens (tertiary/aromatic N) is 4. The van der Waals surface area contributed by atoms with E-state index in [1.54, 1.807) is 22.8 Å². The summed E-state index contributed by atoms with van der Waals surface area (Å²) in [6, 6.07) is 9.23. The Labute approximate surface area is 220 Å². The van der Waals surface area contributed by atoms with Crippen LogP contribution < -0.4 is 10.1 Å². The zero-order valence-corrected chi connectivity index (χ0v) is 21.7. The summed E-state index contributed by atoms with van der Waals surface area (Å²) in [5.74, 6) is -1.35. The highest BCUT2D eigenvalue weighted by Crippen LogP contribution is 2.18. The maximum atomic E-state index is 14.4. The number of carbonyl (C=O) groups is 1. The minimum atomic E-state index is -0.622. The molecule has 2 aromatic heterocycles. The zero-order valence-electron chi connectivity index (χ0n) is 21.7. The first-order chi connectivity index (χ1) is 18.3. The van der Waals surface area contributed by atoms with Crippen LogP contribution in [0.5, 0.6) is 5.75 Å². The third-order valence-electron chi connectivity index (χ3n) is 5.46. The van der Waals surface area contributed by atoms with E-state index in [1.165, 1.54) is 50.9 Å². The van der Waals surface area contributed by atoms with Gasteiger partial charge in [-0.15, -0.1) is 0 Å². The molecular formula is C28H31F2N5O3. The van der Waals surface area contributed by atoms with Crippen molar-refractivity contribution >= 4 is 5.91 Å². The minimum absolute atomic E-state index is 0.0547. The molecule has 0 atom stereocenters. The van der Waals surface area contributed by atoms with Crippen molar-refractivity contribution in [2.45, 2.75) is 26.2 Å². The van der Waals surface area contributed by atoms with Crippen molar-refractivity contribution < 1.29 is 23.0 Å². The summed E-state index contributed by atoms with van der Waals surface area (Å²) in [4.78, 5) is 18.6. The van der Waals surface area contributed by atoms with Gasteiger partial charge in [0.2, 0.25) is 0 Å². The molecule has 3 aromatic rings. The third-order valence-corrected chi connectivity index (χ3v) is 5.46. The lowest BCUT2D eigenvalue weighted by atomic mass is 10.1. The van der Waals surface area contributed by atoms with E-state index in [9.17, 15) is 13.6 Å². The average Bonchev–Trinajstić information content (AvgIpc) is 3.30. The maximum Gasteiger partial charge on any atom is 0.255 e. The summed E-state index contributed by atoms with van der Waals surface area (Å²) < 4.78 is 40.0. The molecule has 0 saturated carbocycles. The standard InChI is InChI=1S/C28H31F2N5O3/c1-5-6-7-22(29)17-34(2)15-20-8-10-21(11-9-20)16-35-18-23(25(33-35)19-37-3)28(36)32-14-24-27(30)26(38-4)12-13-31-24/h5-13,17-18H,1,14-16,19H2,2-4H3,(H,32,36)/b7-6-,22-17+. The molecule has 0 unspecified atom stereocenters. The molecule has 0 radical (unpaired) electrons. The number of aromatic nitrogens is 3. The molecule has 0 aliphatic heterocycles. The van der Waals surface area contributed by atoms with Gasteiger partial charge in [-0.05, 0) is 17.2 Å². The molecule has 1 amide bonds. The summed E-state index contributed by atoms with van der Waals surface area (Å²) in [5.41, 5.74) is 2.82. The van der Waals surface area contributed by atoms with Gasteiger partial charge in [0.05, 0.1) is 38.1 Å². The van der Waals surface area contributed by atoms with E-state index in [2.05, 4.69) is 22.0 Å². The number of halogens is 2. The van der Waals surface area contributed by atoms with Crippen LogP contribution in [0.3, 0.4) is 0 Å². The van der Waals surface area contributed by atoms with Gasteiger partial charge in [0, 0.05) is 45.4 Å². The summed E-state index contributed by atoms with van der Waals surface area (Å²) in [6.45, 7) is 4.50. The summed E-state index contributed by atoms with van der Waals surface area (Å²) in [6.07, 6.45) is 8.86. The number of amides is 1. The number of nitrogens with one attached hydrogen (secondary N) is 1. The van der Waals surface area contributed by atoms with Crippen LogP contribution >= 0.6 is 0 Å². The molecule has 0 fully saturated rings. The molecule has 1 aromatic carbocycles. The Balaban J connectivity index is 1.66. The molecule has 0 bridgehead atoms. The Morgan fingerprint density at radius 2 is 1.92 bits per heavy atom. The summed E-state index contributed by atoms with van der Waals surface area (Å²) in [7, 11) is 4.67. The lowest BCUT2D eigenvalue weighted by molar-refractivity contribution is 0.0945. The van der Waals surface area contributed by atoms with E-state index in [0.29, 0.717) is 24.3 Å². The van der Waals surface area contributed by atoms with Gasteiger partial charge in [-0.25, -0.2) is 8.78 Å². The molecule has 8 nitrogen and oxygen atoms in total. The van der Waals surface area contributed by atoms with Gasteiger partial charge in [-0.2, -0.15) is 5.10 Å². The predicted molar refractivity (Wildman–Crippen MR) is 140 cm³/mol. The van der Waals surface area contributed by atoms with Crippen LogP contribution in [0.25, 0.3) is 0 Å². The molecule has 10 heteroatoms. The van der Waals surface area contributed by atoms with Crippen LogP contribution in [0.1, 0.15) is 32.9 Å². The molecule has 0 aliphatic carbocycles. The highest BCUT2D eigenvalue weighted by Gasteiger charge is 2.18. The van der Waals surface area contributed by atoms with Gasteiger partial charge in [0.25, 0.3) is 5.91 Å². The van der Waals surface area contributed by atoms with Gasteiger partial charge < -0.3 is 19.7 Å². The van der Waals surface area contributed by atoms with Crippen molar-refractivity contribution in [3.8, 4) is 5.75 Å². The van der Waals surface area contributed by atoms with Crippen LogP contribution in [0, 0.1) is 5.82 Å².